The zero-order chi connectivity index (χ0) is 13.3. The van der Waals surface area contributed by atoms with Crippen LogP contribution in [-0.4, -0.2) is 54.0 Å². The van der Waals surface area contributed by atoms with Gasteiger partial charge in [0.25, 0.3) is 0 Å². The largest absolute Gasteiger partial charge is 0.392 e. The van der Waals surface area contributed by atoms with Crippen LogP contribution in [0.5, 0.6) is 0 Å². The molecule has 6 heteroatoms. The molecule has 0 atom stereocenters. The Morgan fingerprint density at radius 1 is 1.33 bits per heavy atom. The second-order valence-electron chi connectivity index (χ2n) is 5.69. The minimum Gasteiger partial charge on any atom is -0.392 e. The summed E-state index contributed by atoms with van der Waals surface area (Å²) in [5, 5.41) is 1.98. The molecule has 1 aliphatic carbocycles. The van der Waals surface area contributed by atoms with E-state index in [0.717, 1.165) is 39.0 Å². The molecule has 0 aromatic rings. The van der Waals surface area contributed by atoms with E-state index in [1.807, 2.05) is 5.01 Å². The molecule has 102 valence electrons. The number of hydrazine groups is 1. The summed E-state index contributed by atoms with van der Waals surface area (Å²) >= 11 is 5.09. The maximum Gasteiger partial charge on any atom is 0.247 e. The van der Waals surface area contributed by atoms with Gasteiger partial charge in [-0.3, -0.25) is 10.2 Å². The Bertz CT molecular complexity index is 346. The maximum absolute atomic E-state index is 12.4. The first kappa shape index (κ1) is 13.7. The topological polar surface area (TPSA) is 61.6 Å². The number of nitrogens with one attached hydrogen (secondary N) is 1. The molecule has 1 saturated heterocycles. The number of rotatable bonds is 3. The predicted octanol–water partition coefficient (Wildman–Crippen LogP) is -0.0326. The fourth-order valence-electron chi connectivity index (χ4n) is 2.80. The quantitative estimate of drug-likeness (QED) is 0.705. The molecule has 0 aromatic heterocycles. The van der Waals surface area contributed by atoms with E-state index in [0.29, 0.717) is 10.9 Å². The van der Waals surface area contributed by atoms with Crippen molar-refractivity contribution in [2.24, 2.45) is 17.1 Å². The van der Waals surface area contributed by atoms with Crippen molar-refractivity contribution < 1.29 is 4.79 Å². The zero-order valence-corrected chi connectivity index (χ0v) is 11.9. The minimum atomic E-state index is -0.599. The number of piperazine rings is 1. The van der Waals surface area contributed by atoms with Crippen LogP contribution in [0, 0.1) is 11.3 Å². The Morgan fingerprint density at radius 3 is 2.33 bits per heavy atom. The molecule has 1 amide bonds. The number of thiocarbonyl (C=S) groups is 1. The number of amides is 1. The molecule has 0 radical (unpaired) electrons. The second kappa shape index (κ2) is 5.11. The lowest BCUT2D eigenvalue weighted by atomic mass is 9.62. The molecule has 0 bridgehead atoms. The van der Waals surface area contributed by atoms with Crippen LogP contribution in [0.4, 0.5) is 0 Å². The van der Waals surface area contributed by atoms with E-state index in [1.54, 1.807) is 0 Å². The van der Waals surface area contributed by atoms with E-state index in [1.165, 1.54) is 0 Å². The van der Waals surface area contributed by atoms with Crippen LogP contribution < -0.4 is 11.2 Å². The van der Waals surface area contributed by atoms with Gasteiger partial charge in [-0.1, -0.05) is 19.1 Å². The molecule has 1 aliphatic heterocycles. The average molecular weight is 270 g/mol. The molecule has 0 aromatic carbocycles. The molecule has 1 heterocycles. The van der Waals surface area contributed by atoms with Gasteiger partial charge in [-0.05, 0) is 25.8 Å². The van der Waals surface area contributed by atoms with Crippen molar-refractivity contribution in [3.63, 3.8) is 0 Å². The summed E-state index contributed by atoms with van der Waals surface area (Å²) in [6.07, 6.45) is 1.56. The summed E-state index contributed by atoms with van der Waals surface area (Å²) in [5.74, 6) is 0.516. The van der Waals surface area contributed by atoms with E-state index in [9.17, 15) is 4.79 Å². The Morgan fingerprint density at radius 2 is 1.89 bits per heavy atom. The molecule has 3 N–H and O–H groups in total. The van der Waals surface area contributed by atoms with Crippen LogP contribution >= 0.6 is 12.2 Å². The fraction of sp³-hybridized carbons (Fsp3) is 0.833. The fourth-order valence-corrected chi connectivity index (χ4v) is 3.06. The van der Waals surface area contributed by atoms with Gasteiger partial charge in [0.2, 0.25) is 5.91 Å². The highest BCUT2D eigenvalue weighted by Crippen LogP contribution is 2.46. The van der Waals surface area contributed by atoms with Crippen LogP contribution in [0.25, 0.3) is 0 Å². The standard InChI is InChI=1S/C12H22N4OS/c1-9-7-12(8-9,10(13)18)11(17)14-16-5-3-15(2)4-6-16/h9H,3-8H2,1-2H3,(H2,13,18)(H,14,17). The van der Waals surface area contributed by atoms with Gasteiger partial charge >= 0.3 is 0 Å². The van der Waals surface area contributed by atoms with Crippen LogP contribution in [-0.2, 0) is 4.79 Å². The number of nitrogens with zero attached hydrogens (tertiary/aromatic N) is 2. The number of nitrogens with two attached hydrogens (primary N) is 1. The summed E-state index contributed by atoms with van der Waals surface area (Å²) in [6, 6.07) is 0. The van der Waals surface area contributed by atoms with Crippen molar-refractivity contribution in [3.8, 4) is 0 Å². The van der Waals surface area contributed by atoms with Crippen molar-refractivity contribution in [3.05, 3.63) is 0 Å². The lowest BCUT2D eigenvalue weighted by Crippen LogP contribution is -2.61. The number of carbonyl (C=O) groups is 1. The maximum atomic E-state index is 12.4. The summed E-state index contributed by atoms with van der Waals surface area (Å²) in [5.41, 5.74) is 8.15. The van der Waals surface area contributed by atoms with E-state index >= 15 is 0 Å². The van der Waals surface area contributed by atoms with Crippen LogP contribution in [0.15, 0.2) is 0 Å². The Hall–Kier alpha value is -0.720. The van der Waals surface area contributed by atoms with Gasteiger partial charge in [0.1, 0.15) is 5.41 Å². The van der Waals surface area contributed by atoms with Gasteiger partial charge in [-0.15, -0.1) is 0 Å². The predicted molar refractivity (Wildman–Crippen MR) is 74.8 cm³/mol. The van der Waals surface area contributed by atoms with Gasteiger partial charge < -0.3 is 10.6 Å². The third-order valence-corrected chi connectivity index (χ3v) is 4.45. The highest BCUT2D eigenvalue weighted by Gasteiger charge is 2.51. The number of hydrogen-bond acceptors (Lipinski definition) is 4. The number of carbonyl (C=O) groups excluding carboxylic acids is 1. The SMILES string of the molecule is CC1CC(C(=O)NN2CCN(C)CC2)(C(N)=S)C1. The Labute approximate surface area is 114 Å². The van der Waals surface area contributed by atoms with Gasteiger partial charge in [0, 0.05) is 26.2 Å². The van der Waals surface area contributed by atoms with Crippen molar-refractivity contribution in [2.75, 3.05) is 33.2 Å². The number of likely N-dealkylation sites (N-methyl/N-ethyl adjacent to an activating group) is 1. The smallest absolute Gasteiger partial charge is 0.247 e. The third kappa shape index (κ3) is 2.50. The third-order valence-electron chi connectivity index (χ3n) is 4.06. The summed E-state index contributed by atoms with van der Waals surface area (Å²) < 4.78 is 0. The molecule has 2 fully saturated rings. The average Bonchev–Trinajstić information content (AvgIpc) is 2.27. The van der Waals surface area contributed by atoms with Crippen LogP contribution in [0.1, 0.15) is 19.8 Å². The molecule has 0 unspecified atom stereocenters. The molecule has 18 heavy (non-hydrogen) atoms. The van der Waals surface area contributed by atoms with Crippen LogP contribution in [0.3, 0.4) is 0 Å². The minimum absolute atomic E-state index is 0.0161. The molecule has 2 aliphatic rings. The van der Waals surface area contributed by atoms with Crippen molar-refractivity contribution >= 4 is 23.1 Å². The van der Waals surface area contributed by atoms with Crippen molar-refractivity contribution in [2.45, 2.75) is 19.8 Å². The number of hydrogen-bond donors (Lipinski definition) is 2. The lowest BCUT2D eigenvalue weighted by molar-refractivity contribution is -0.138. The van der Waals surface area contributed by atoms with Gasteiger partial charge in [-0.2, -0.15) is 0 Å². The lowest BCUT2D eigenvalue weighted by Gasteiger charge is -2.45. The van der Waals surface area contributed by atoms with E-state index in [4.69, 9.17) is 18.0 Å². The van der Waals surface area contributed by atoms with E-state index in [-0.39, 0.29) is 5.91 Å². The van der Waals surface area contributed by atoms with Crippen molar-refractivity contribution in [1.29, 1.82) is 0 Å². The van der Waals surface area contributed by atoms with Gasteiger partial charge in [-0.25, -0.2) is 5.01 Å². The van der Waals surface area contributed by atoms with Gasteiger partial charge in [0.15, 0.2) is 0 Å². The monoisotopic (exact) mass is 270 g/mol. The molecular formula is C12H22N4OS. The molecule has 5 nitrogen and oxygen atoms in total. The summed E-state index contributed by atoms with van der Waals surface area (Å²) in [4.78, 5) is 14.9. The first-order valence-electron chi connectivity index (χ1n) is 6.48. The van der Waals surface area contributed by atoms with E-state index in [2.05, 4.69) is 24.3 Å². The Kier molecular flexibility index (Phi) is 3.89. The second-order valence-corrected chi connectivity index (χ2v) is 6.13. The molecule has 2 rings (SSSR count). The zero-order valence-electron chi connectivity index (χ0n) is 11.1. The summed E-state index contributed by atoms with van der Waals surface area (Å²) in [6.45, 7) is 5.77. The van der Waals surface area contributed by atoms with E-state index < -0.39 is 5.41 Å². The van der Waals surface area contributed by atoms with Crippen LogP contribution in [0.2, 0.25) is 0 Å². The Balaban J connectivity index is 1.92. The summed E-state index contributed by atoms with van der Waals surface area (Å²) in [7, 11) is 2.09. The molecular weight excluding hydrogens is 248 g/mol. The first-order valence-corrected chi connectivity index (χ1v) is 6.89. The highest BCUT2D eigenvalue weighted by atomic mass is 32.1. The normalized spacial score (nSPS) is 33.8. The molecule has 1 saturated carbocycles. The highest BCUT2D eigenvalue weighted by molar-refractivity contribution is 7.80. The molecule has 0 spiro atoms. The van der Waals surface area contributed by atoms with Crippen molar-refractivity contribution in [1.82, 2.24) is 15.3 Å². The first-order chi connectivity index (χ1) is 8.44. The van der Waals surface area contributed by atoms with Gasteiger partial charge in [0.05, 0.1) is 4.99 Å².